The van der Waals surface area contributed by atoms with E-state index in [1.54, 1.807) is 36.4 Å². The van der Waals surface area contributed by atoms with Crippen molar-refractivity contribution in [3.05, 3.63) is 88.7 Å². The maximum Gasteiger partial charge on any atom is 0.264 e. The van der Waals surface area contributed by atoms with E-state index < -0.39 is 23.9 Å². The van der Waals surface area contributed by atoms with Crippen LogP contribution in [0.25, 0.3) is 0 Å². The van der Waals surface area contributed by atoms with Crippen LogP contribution in [0, 0.1) is 5.82 Å². The maximum atomic E-state index is 14.4. The normalized spacial score (nSPS) is 18.0. The number of ether oxygens (including phenoxy) is 3. The van der Waals surface area contributed by atoms with Crippen LogP contribution in [0.1, 0.15) is 47.3 Å². The summed E-state index contributed by atoms with van der Waals surface area (Å²) in [6.07, 6.45) is -2.76. The van der Waals surface area contributed by atoms with Crippen LogP contribution < -0.4 is 10.1 Å². The third-order valence-corrected chi connectivity index (χ3v) is 6.10. The van der Waals surface area contributed by atoms with E-state index in [4.69, 9.17) is 14.2 Å². The Kier molecular flexibility index (Phi) is 6.74. The number of benzene rings is 3. The Hall–Kier alpha value is -3.69. The zero-order chi connectivity index (χ0) is 26.2. The number of carbonyl (C=O) groups is 1. The van der Waals surface area contributed by atoms with Crippen LogP contribution in [-0.4, -0.2) is 36.7 Å². The fourth-order valence-corrected chi connectivity index (χ4v) is 4.45. The molecule has 2 aliphatic heterocycles. The number of amides is 1. The first kappa shape index (κ1) is 25.0. The van der Waals surface area contributed by atoms with Gasteiger partial charge in [0.15, 0.2) is 5.79 Å². The van der Waals surface area contributed by atoms with E-state index in [2.05, 4.69) is 10.3 Å². The number of alkyl halides is 2. The van der Waals surface area contributed by atoms with Crippen molar-refractivity contribution in [1.82, 2.24) is 0 Å². The molecule has 1 atom stereocenters. The standard InChI is InChI=1S/C28H25F3N2O4/c1-28(2)36-15-20(37-28)14-35-19-7-5-6-18(13-19)32-27(34)23-12-17(29)10-16-11-24(33-25(16)23)21-8-3-4-9-22(21)26(30)31/h3-10,12-13,20,26H,11,14-15H2,1-2H3,(H,32,34)/t20-/m0/s1. The summed E-state index contributed by atoms with van der Waals surface area (Å²) in [6.45, 7) is 4.35. The number of nitrogens with zero attached hydrogens (tertiary/aromatic N) is 1. The van der Waals surface area contributed by atoms with Gasteiger partial charge in [0.2, 0.25) is 0 Å². The molecule has 3 aromatic rings. The van der Waals surface area contributed by atoms with Crippen molar-refractivity contribution in [2.75, 3.05) is 18.5 Å². The zero-order valence-corrected chi connectivity index (χ0v) is 20.3. The molecular weight excluding hydrogens is 485 g/mol. The van der Waals surface area contributed by atoms with E-state index >= 15 is 0 Å². The Balaban J connectivity index is 1.34. The highest BCUT2D eigenvalue weighted by Gasteiger charge is 2.33. The highest BCUT2D eigenvalue weighted by atomic mass is 19.3. The fraction of sp³-hybridized carbons (Fsp3) is 0.286. The van der Waals surface area contributed by atoms with Gasteiger partial charge < -0.3 is 19.5 Å². The summed E-state index contributed by atoms with van der Waals surface area (Å²) in [5.74, 6) is -1.33. The van der Waals surface area contributed by atoms with Gasteiger partial charge in [-0.1, -0.05) is 30.3 Å². The van der Waals surface area contributed by atoms with Gasteiger partial charge in [0.1, 0.15) is 24.3 Å². The molecule has 0 aromatic heterocycles. The predicted molar refractivity (Wildman–Crippen MR) is 132 cm³/mol. The Morgan fingerprint density at radius 1 is 1.16 bits per heavy atom. The molecule has 2 heterocycles. The Labute approximate surface area is 212 Å². The summed E-state index contributed by atoms with van der Waals surface area (Å²) < 4.78 is 58.6. The highest BCUT2D eigenvalue weighted by molar-refractivity contribution is 6.13. The van der Waals surface area contributed by atoms with E-state index in [-0.39, 0.29) is 41.5 Å². The molecule has 0 saturated carbocycles. The average molecular weight is 511 g/mol. The molecule has 1 saturated heterocycles. The summed E-state index contributed by atoms with van der Waals surface area (Å²) in [4.78, 5) is 17.6. The number of hydrogen-bond acceptors (Lipinski definition) is 5. The molecule has 0 unspecified atom stereocenters. The van der Waals surface area contributed by atoms with Crippen LogP contribution in [0.4, 0.5) is 24.5 Å². The lowest BCUT2D eigenvalue weighted by Crippen LogP contribution is -2.25. The summed E-state index contributed by atoms with van der Waals surface area (Å²) >= 11 is 0. The lowest BCUT2D eigenvalue weighted by atomic mass is 9.98. The van der Waals surface area contributed by atoms with Crippen molar-refractivity contribution < 1.29 is 32.2 Å². The quantitative estimate of drug-likeness (QED) is 0.410. The van der Waals surface area contributed by atoms with Crippen molar-refractivity contribution in [3.63, 3.8) is 0 Å². The molecule has 1 fully saturated rings. The molecule has 37 heavy (non-hydrogen) atoms. The van der Waals surface area contributed by atoms with Gasteiger partial charge in [-0.3, -0.25) is 9.79 Å². The zero-order valence-electron chi connectivity index (χ0n) is 20.3. The summed E-state index contributed by atoms with van der Waals surface area (Å²) in [5, 5.41) is 2.75. The van der Waals surface area contributed by atoms with Crippen LogP contribution in [0.5, 0.6) is 5.75 Å². The number of carbonyl (C=O) groups excluding carboxylic acids is 1. The van der Waals surface area contributed by atoms with Crippen molar-refractivity contribution in [3.8, 4) is 5.75 Å². The van der Waals surface area contributed by atoms with Gasteiger partial charge in [0, 0.05) is 29.3 Å². The molecule has 0 aliphatic carbocycles. The Morgan fingerprint density at radius 3 is 2.73 bits per heavy atom. The first-order chi connectivity index (χ1) is 17.7. The predicted octanol–water partition coefficient (Wildman–Crippen LogP) is 6.22. The van der Waals surface area contributed by atoms with Crippen LogP contribution in [0.15, 0.2) is 65.7 Å². The van der Waals surface area contributed by atoms with E-state index in [0.717, 1.165) is 6.07 Å². The van der Waals surface area contributed by atoms with Gasteiger partial charge in [-0.25, -0.2) is 13.2 Å². The number of hydrogen-bond donors (Lipinski definition) is 1. The minimum Gasteiger partial charge on any atom is -0.491 e. The first-order valence-corrected chi connectivity index (χ1v) is 11.8. The molecule has 6 nitrogen and oxygen atoms in total. The van der Waals surface area contributed by atoms with Crippen LogP contribution in [0.2, 0.25) is 0 Å². The minimum absolute atomic E-state index is 0.0181. The van der Waals surface area contributed by atoms with Gasteiger partial charge in [0.05, 0.1) is 23.6 Å². The molecule has 0 spiro atoms. The number of rotatable bonds is 7. The monoisotopic (exact) mass is 510 g/mol. The third-order valence-electron chi connectivity index (χ3n) is 6.10. The van der Waals surface area contributed by atoms with E-state index in [1.165, 1.54) is 18.2 Å². The smallest absolute Gasteiger partial charge is 0.264 e. The lowest BCUT2D eigenvalue weighted by Gasteiger charge is -2.17. The topological polar surface area (TPSA) is 69.2 Å². The van der Waals surface area contributed by atoms with Crippen molar-refractivity contribution in [2.45, 2.75) is 38.6 Å². The number of halogens is 3. The van der Waals surface area contributed by atoms with Gasteiger partial charge in [-0.2, -0.15) is 0 Å². The Bertz CT molecular complexity index is 1370. The number of nitrogens with one attached hydrogen (secondary N) is 1. The summed E-state index contributed by atoms with van der Waals surface area (Å²) in [5.41, 5.74) is 1.68. The van der Waals surface area contributed by atoms with Crippen LogP contribution in [0.3, 0.4) is 0 Å². The molecule has 0 radical (unpaired) electrons. The summed E-state index contributed by atoms with van der Waals surface area (Å²) in [6, 6.07) is 15.2. The second-order valence-electron chi connectivity index (χ2n) is 9.33. The SMILES string of the molecule is CC1(C)OC[C@H](COc2cccc(NC(=O)c3cc(F)cc4c3N=C(c3ccccc3C(F)F)C4)c2)O1. The average Bonchev–Trinajstić information content (AvgIpc) is 3.44. The van der Waals surface area contributed by atoms with Gasteiger partial charge in [-0.05, 0) is 43.7 Å². The van der Waals surface area contributed by atoms with Gasteiger partial charge >= 0.3 is 0 Å². The molecule has 9 heteroatoms. The van der Waals surface area contributed by atoms with Crippen molar-refractivity contribution in [1.29, 1.82) is 0 Å². The van der Waals surface area contributed by atoms with E-state index in [9.17, 15) is 18.0 Å². The molecule has 192 valence electrons. The molecule has 3 aromatic carbocycles. The highest BCUT2D eigenvalue weighted by Crippen LogP contribution is 2.36. The maximum absolute atomic E-state index is 14.4. The van der Waals surface area contributed by atoms with Gasteiger partial charge in [0.25, 0.3) is 12.3 Å². The molecule has 2 aliphatic rings. The molecule has 0 bridgehead atoms. The minimum atomic E-state index is -2.68. The van der Waals surface area contributed by atoms with Gasteiger partial charge in [-0.15, -0.1) is 0 Å². The Morgan fingerprint density at radius 2 is 1.97 bits per heavy atom. The molecule has 5 rings (SSSR count). The molecule has 1 N–H and O–H groups in total. The summed E-state index contributed by atoms with van der Waals surface area (Å²) in [7, 11) is 0. The van der Waals surface area contributed by atoms with E-state index in [1.807, 2.05) is 13.8 Å². The largest absolute Gasteiger partial charge is 0.491 e. The number of aliphatic imine (C=N–C) groups is 1. The van der Waals surface area contributed by atoms with Crippen LogP contribution in [-0.2, 0) is 15.9 Å². The molecule has 1 amide bonds. The fourth-order valence-electron chi connectivity index (χ4n) is 4.45. The number of fused-ring (bicyclic) bond motifs is 1. The number of anilines is 1. The third kappa shape index (κ3) is 5.52. The second-order valence-corrected chi connectivity index (χ2v) is 9.33. The molecular formula is C28H25F3N2O4. The van der Waals surface area contributed by atoms with Crippen LogP contribution >= 0.6 is 0 Å². The van der Waals surface area contributed by atoms with E-state index in [0.29, 0.717) is 29.3 Å². The first-order valence-electron chi connectivity index (χ1n) is 11.8. The lowest BCUT2D eigenvalue weighted by molar-refractivity contribution is -0.141. The van der Waals surface area contributed by atoms with Crippen molar-refractivity contribution >= 4 is 23.0 Å². The second kappa shape index (κ2) is 9.99. The van der Waals surface area contributed by atoms with Crippen molar-refractivity contribution in [2.24, 2.45) is 4.99 Å².